The van der Waals surface area contributed by atoms with Crippen LogP contribution in [0, 0.1) is 11.7 Å². The van der Waals surface area contributed by atoms with E-state index in [1.807, 2.05) is 18.2 Å². The van der Waals surface area contributed by atoms with E-state index in [0.717, 1.165) is 35.7 Å². The first-order valence-electron chi connectivity index (χ1n) is 12.7. The zero-order valence-electron chi connectivity index (χ0n) is 20.8. The number of pyridine rings is 1. The van der Waals surface area contributed by atoms with Crippen molar-refractivity contribution in [2.75, 3.05) is 25.1 Å². The average Bonchev–Trinajstić information content (AvgIpc) is 3.18. The Labute approximate surface area is 222 Å². The molecule has 6 rings (SSSR count). The lowest BCUT2D eigenvalue weighted by Crippen LogP contribution is -2.48. The third kappa shape index (κ3) is 4.59. The van der Waals surface area contributed by atoms with Crippen LogP contribution in [0.25, 0.3) is 5.69 Å². The Kier molecular flexibility index (Phi) is 6.46. The first-order valence-corrected chi connectivity index (χ1v) is 13.1. The zero-order valence-corrected chi connectivity index (χ0v) is 21.5. The summed E-state index contributed by atoms with van der Waals surface area (Å²) >= 11 is 6.33. The van der Waals surface area contributed by atoms with Crippen LogP contribution in [-0.2, 0) is 13.1 Å². The van der Waals surface area contributed by atoms with Gasteiger partial charge < -0.3 is 9.64 Å². The predicted octanol–water partition coefficient (Wildman–Crippen LogP) is 5.50. The van der Waals surface area contributed by atoms with Gasteiger partial charge >= 0.3 is 6.18 Å². The van der Waals surface area contributed by atoms with Crippen molar-refractivity contribution < 1.29 is 22.3 Å². The van der Waals surface area contributed by atoms with Crippen molar-refractivity contribution >= 4 is 17.4 Å². The summed E-state index contributed by atoms with van der Waals surface area (Å²) in [6.07, 6.45) is -1.21. The topological polar surface area (TPSA) is 59.3 Å². The number of hydrogen-bond donors (Lipinski definition) is 0. The molecule has 2 fully saturated rings. The molecule has 0 amide bonds. The molecule has 0 N–H and O–H groups in total. The first kappa shape index (κ1) is 25.4. The van der Waals surface area contributed by atoms with Crippen LogP contribution >= 0.6 is 11.6 Å². The molecule has 7 nitrogen and oxygen atoms in total. The van der Waals surface area contributed by atoms with Gasteiger partial charge in [-0.3, -0.25) is 9.47 Å². The molecule has 202 valence electrons. The summed E-state index contributed by atoms with van der Waals surface area (Å²) in [6.45, 7) is 2.29. The van der Waals surface area contributed by atoms with E-state index in [2.05, 4.69) is 29.5 Å². The van der Waals surface area contributed by atoms with E-state index in [0.29, 0.717) is 42.8 Å². The second kappa shape index (κ2) is 9.68. The van der Waals surface area contributed by atoms with E-state index >= 15 is 0 Å². The summed E-state index contributed by atoms with van der Waals surface area (Å²) in [5.41, 5.74) is 1.87. The van der Waals surface area contributed by atoms with E-state index in [-0.39, 0.29) is 24.8 Å². The van der Waals surface area contributed by atoms with Crippen molar-refractivity contribution in [2.24, 2.45) is 5.92 Å². The lowest BCUT2D eigenvalue weighted by molar-refractivity contribution is -0.207. The number of hydrogen-bond acceptors (Lipinski definition) is 6. The molecule has 0 bridgehead atoms. The molecule has 3 aromatic rings. The minimum Gasteiger partial charge on any atom is -0.493 e. The summed E-state index contributed by atoms with van der Waals surface area (Å²) in [5, 5.41) is 9.68. The molecular weight excluding hydrogens is 524 g/mol. The van der Waals surface area contributed by atoms with E-state index in [1.165, 1.54) is 19.4 Å². The number of piperidine rings is 1. The summed E-state index contributed by atoms with van der Waals surface area (Å²) in [6, 6.07) is 6.82. The molecule has 0 radical (unpaired) electrons. The van der Waals surface area contributed by atoms with E-state index in [4.69, 9.17) is 16.3 Å². The van der Waals surface area contributed by atoms with Gasteiger partial charge in [0, 0.05) is 42.7 Å². The molecule has 1 saturated carbocycles. The van der Waals surface area contributed by atoms with Gasteiger partial charge in [-0.2, -0.15) is 13.2 Å². The molecule has 1 aliphatic carbocycles. The quantitative estimate of drug-likeness (QED) is 0.400. The Balaban J connectivity index is 1.25. The number of anilines is 1. The first-order chi connectivity index (χ1) is 18.2. The Morgan fingerprint density at radius 1 is 1.05 bits per heavy atom. The fourth-order valence-electron chi connectivity index (χ4n) is 5.88. The fraction of sp³-hybridized carbons (Fsp3) is 0.500. The normalized spacial score (nSPS) is 22.4. The molecular formula is C26H27ClF4N6O. The van der Waals surface area contributed by atoms with Crippen LogP contribution < -0.4 is 9.64 Å². The Bertz CT molecular complexity index is 1330. The number of ether oxygens (including phenoxy) is 1. The number of benzene rings is 1. The average molecular weight is 551 g/mol. The zero-order chi connectivity index (χ0) is 26.6. The van der Waals surface area contributed by atoms with Crippen LogP contribution in [0.15, 0.2) is 30.5 Å². The van der Waals surface area contributed by atoms with Crippen LogP contribution in [0.1, 0.15) is 48.8 Å². The van der Waals surface area contributed by atoms with Crippen LogP contribution in [0.5, 0.6) is 5.75 Å². The highest BCUT2D eigenvalue weighted by Gasteiger charge is 2.50. The van der Waals surface area contributed by atoms with Gasteiger partial charge in [-0.15, -0.1) is 10.2 Å². The van der Waals surface area contributed by atoms with E-state index in [9.17, 15) is 17.6 Å². The van der Waals surface area contributed by atoms with Crippen LogP contribution in [0.4, 0.5) is 23.4 Å². The molecule has 3 aliphatic rings. The molecule has 0 unspecified atom stereocenters. The monoisotopic (exact) mass is 550 g/mol. The second-order valence-corrected chi connectivity index (χ2v) is 10.7. The van der Waals surface area contributed by atoms with E-state index in [1.54, 1.807) is 0 Å². The Morgan fingerprint density at radius 3 is 2.53 bits per heavy atom. The maximum Gasteiger partial charge on any atom is 0.391 e. The Morgan fingerprint density at radius 2 is 1.82 bits per heavy atom. The molecule has 2 aromatic heterocycles. The largest absolute Gasteiger partial charge is 0.493 e. The molecule has 1 aromatic carbocycles. The summed E-state index contributed by atoms with van der Waals surface area (Å²) in [5.74, 6) is 0.993. The van der Waals surface area contributed by atoms with Gasteiger partial charge in [0.25, 0.3) is 0 Å². The summed E-state index contributed by atoms with van der Waals surface area (Å²) < 4.78 is 60.5. The van der Waals surface area contributed by atoms with Crippen molar-refractivity contribution in [3.8, 4) is 11.4 Å². The minimum absolute atomic E-state index is 0.0970. The molecule has 2 aliphatic heterocycles. The highest BCUT2D eigenvalue weighted by molar-refractivity contribution is 6.30. The number of halogens is 5. The van der Waals surface area contributed by atoms with Crippen LogP contribution in [0.3, 0.4) is 0 Å². The lowest BCUT2D eigenvalue weighted by Gasteiger charge is -2.43. The standard InChI is InChI=1S/C26H27ClF4N6O/c1-38-22-11-19(28)12-32-25(22)35-6-4-15(5-7-35)24-34-33-23-14-36(20-9-17(10-20)26(29,30)31)13-16-8-18(27)2-3-21(16)37(23)24/h2-3,8,11-12,15,17,20H,4-7,9-10,13-14H2,1H3. The molecule has 12 heteroatoms. The van der Waals surface area contributed by atoms with Crippen LogP contribution in [0.2, 0.25) is 5.02 Å². The Hall–Kier alpha value is -2.92. The highest BCUT2D eigenvalue weighted by Crippen LogP contribution is 2.45. The molecule has 38 heavy (non-hydrogen) atoms. The van der Waals surface area contributed by atoms with Gasteiger partial charge in [0.05, 0.1) is 31.5 Å². The van der Waals surface area contributed by atoms with Crippen molar-refractivity contribution in [2.45, 2.75) is 56.9 Å². The second-order valence-electron chi connectivity index (χ2n) is 10.3. The van der Waals surface area contributed by atoms with Gasteiger partial charge in [0.2, 0.25) is 0 Å². The summed E-state index contributed by atoms with van der Waals surface area (Å²) in [4.78, 5) is 8.40. The maximum absolute atomic E-state index is 13.6. The van der Waals surface area contributed by atoms with Gasteiger partial charge in [0.15, 0.2) is 17.4 Å². The SMILES string of the molecule is COc1cc(F)cnc1N1CCC(c2nnc3n2-c2ccc(Cl)cc2CN(C2CC(C(F)(F)F)C2)C3)CC1. The molecule has 0 atom stereocenters. The van der Waals surface area contributed by atoms with Crippen molar-refractivity contribution in [3.05, 3.63) is 58.5 Å². The van der Waals surface area contributed by atoms with Gasteiger partial charge in [-0.05, 0) is 49.4 Å². The number of rotatable bonds is 4. The van der Waals surface area contributed by atoms with Gasteiger partial charge in [-0.1, -0.05) is 11.6 Å². The molecule has 1 saturated heterocycles. The molecule has 4 heterocycles. The fourth-order valence-corrected chi connectivity index (χ4v) is 6.07. The third-order valence-corrected chi connectivity index (χ3v) is 8.26. The van der Waals surface area contributed by atoms with Crippen molar-refractivity contribution in [1.29, 1.82) is 0 Å². The smallest absolute Gasteiger partial charge is 0.391 e. The van der Waals surface area contributed by atoms with Crippen molar-refractivity contribution in [3.63, 3.8) is 0 Å². The highest BCUT2D eigenvalue weighted by atomic mass is 35.5. The number of fused-ring (bicyclic) bond motifs is 3. The molecule has 0 spiro atoms. The van der Waals surface area contributed by atoms with Gasteiger partial charge in [-0.25, -0.2) is 9.37 Å². The summed E-state index contributed by atoms with van der Waals surface area (Å²) in [7, 11) is 1.50. The number of aromatic nitrogens is 4. The van der Waals surface area contributed by atoms with Gasteiger partial charge in [0.1, 0.15) is 11.6 Å². The van der Waals surface area contributed by atoms with E-state index < -0.39 is 17.9 Å². The predicted molar refractivity (Wildman–Crippen MR) is 133 cm³/mol. The third-order valence-electron chi connectivity index (χ3n) is 8.03. The number of nitrogens with zero attached hydrogens (tertiary/aromatic N) is 6. The van der Waals surface area contributed by atoms with Crippen LogP contribution in [-0.4, -0.2) is 57.1 Å². The lowest BCUT2D eigenvalue weighted by atomic mass is 9.78. The van der Waals surface area contributed by atoms with Crippen molar-refractivity contribution in [1.82, 2.24) is 24.6 Å². The maximum atomic E-state index is 13.6. The number of methoxy groups -OCH3 is 1. The minimum atomic E-state index is -4.15. The number of alkyl halides is 3.